The van der Waals surface area contributed by atoms with E-state index in [4.69, 9.17) is 10.00 Å². The highest BCUT2D eigenvalue weighted by Gasteiger charge is 2.19. The van der Waals surface area contributed by atoms with Crippen molar-refractivity contribution >= 4 is 5.91 Å². The lowest BCUT2D eigenvalue weighted by Gasteiger charge is -2.17. The van der Waals surface area contributed by atoms with Crippen LogP contribution in [0.2, 0.25) is 0 Å². The average Bonchev–Trinajstić information content (AvgIpc) is 2.30. The number of amides is 1. The average molecular weight is 232 g/mol. The van der Waals surface area contributed by atoms with Gasteiger partial charge in [0.25, 0.3) is 5.91 Å². The van der Waals surface area contributed by atoms with Gasteiger partial charge in [-0.15, -0.1) is 0 Å². The van der Waals surface area contributed by atoms with Crippen molar-refractivity contribution in [2.24, 2.45) is 0 Å². The van der Waals surface area contributed by atoms with Crippen LogP contribution in [0, 0.1) is 11.3 Å². The highest BCUT2D eigenvalue weighted by atomic mass is 16.5. The second-order valence-electron chi connectivity index (χ2n) is 4.15. The zero-order valence-corrected chi connectivity index (χ0v) is 10.3. The van der Waals surface area contributed by atoms with Gasteiger partial charge in [-0.05, 0) is 45.0 Å². The maximum atomic E-state index is 11.8. The minimum Gasteiger partial charge on any atom is -0.494 e. The van der Waals surface area contributed by atoms with Crippen LogP contribution < -0.4 is 10.1 Å². The summed E-state index contributed by atoms with van der Waals surface area (Å²) in [6, 6.07) is 8.83. The molecule has 0 saturated heterocycles. The molecule has 1 rings (SSSR count). The van der Waals surface area contributed by atoms with Gasteiger partial charge in [-0.25, -0.2) is 0 Å². The molecule has 0 saturated carbocycles. The number of rotatable bonds is 4. The van der Waals surface area contributed by atoms with Crippen LogP contribution in [0.5, 0.6) is 5.75 Å². The normalized spacial score (nSPS) is 10.5. The summed E-state index contributed by atoms with van der Waals surface area (Å²) < 4.78 is 5.28. The molecule has 0 radical (unpaired) electrons. The standard InChI is InChI=1S/C13H16N2O2/c1-4-17-11-7-5-10(6-8-11)12(16)15-13(2,3)9-14/h5-8H,4H2,1-3H3,(H,15,16). The number of benzene rings is 1. The first kappa shape index (κ1) is 13.0. The number of carbonyl (C=O) groups is 1. The molecule has 4 heteroatoms. The van der Waals surface area contributed by atoms with Crippen LogP contribution in [-0.4, -0.2) is 18.1 Å². The van der Waals surface area contributed by atoms with Gasteiger partial charge >= 0.3 is 0 Å². The van der Waals surface area contributed by atoms with Gasteiger partial charge in [-0.2, -0.15) is 5.26 Å². The lowest BCUT2D eigenvalue weighted by Crippen LogP contribution is -2.42. The highest BCUT2D eigenvalue weighted by molar-refractivity contribution is 5.95. The van der Waals surface area contributed by atoms with Crippen molar-refractivity contribution in [3.63, 3.8) is 0 Å². The fraction of sp³-hybridized carbons (Fsp3) is 0.385. The molecular weight excluding hydrogens is 216 g/mol. The Kier molecular flexibility index (Phi) is 4.11. The summed E-state index contributed by atoms with van der Waals surface area (Å²) in [6.07, 6.45) is 0. The molecule has 1 aromatic rings. The number of hydrogen-bond acceptors (Lipinski definition) is 3. The van der Waals surface area contributed by atoms with E-state index in [1.54, 1.807) is 38.1 Å². The third-order valence-electron chi connectivity index (χ3n) is 2.13. The first-order valence-electron chi connectivity index (χ1n) is 5.45. The Balaban J connectivity index is 2.74. The second kappa shape index (κ2) is 5.35. The fourth-order valence-corrected chi connectivity index (χ4v) is 1.25. The van der Waals surface area contributed by atoms with E-state index >= 15 is 0 Å². The molecule has 0 aromatic heterocycles. The summed E-state index contributed by atoms with van der Waals surface area (Å²) in [6.45, 7) is 5.79. The van der Waals surface area contributed by atoms with Gasteiger partial charge in [0.1, 0.15) is 11.3 Å². The molecule has 0 unspecified atom stereocenters. The minimum atomic E-state index is -0.865. The summed E-state index contributed by atoms with van der Waals surface area (Å²) in [5.74, 6) is 0.461. The van der Waals surface area contributed by atoms with E-state index in [1.807, 2.05) is 13.0 Å². The number of hydrogen-bond donors (Lipinski definition) is 1. The summed E-state index contributed by atoms with van der Waals surface area (Å²) >= 11 is 0. The second-order valence-corrected chi connectivity index (χ2v) is 4.15. The van der Waals surface area contributed by atoms with Crippen molar-refractivity contribution in [1.82, 2.24) is 5.32 Å². The summed E-state index contributed by atoms with van der Waals surface area (Å²) in [4.78, 5) is 11.8. The molecule has 1 aromatic carbocycles. The van der Waals surface area contributed by atoms with Gasteiger partial charge in [0, 0.05) is 5.56 Å². The van der Waals surface area contributed by atoms with E-state index in [1.165, 1.54) is 0 Å². The van der Waals surface area contributed by atoms with Crippen molar-refractivity contribution in [2.75, 3.05) is 6.61 Å². The number of nitriles is 1. The van der Waals surface area contributed by atoms with Gasteiger partial charge in [0.05, 0.1) is 12.7 Å². The molecule has 0 aliphatic rings. The molecule has 17 heavy (non-hydrogen) atoms. The third kappa shape index (κ3) is 3.80. The predicted octanol–water partition coefficient (Wildman–Crippen LogP) is 2.12. The molecule has 0 heterocycles. The van der Waals surface area contributed by atoms with E-state index in [-0.39, 0.29) is 5.91 Å². The fourth-order valence-electron chi connectivity index (χ4n) is 1.25. The van der Waals surface area contributed by atoms with Gasteiger partial charge in [-0.1, -0.05) is 0 Å². The van der Waals surface area contributed by atoms with Crippen molar-refractivity contribution in [1.29, 1.82) is 5.26 Å². The van der Waals surface area contributed by atoms with Crippen LogP contribution in [0.25, 0.3) is 0 Å². The van der Waals surface area contributed by atoms with Crippen LogP contribution in [0.1, 0.15) is 31.1 Å². The Morgan fingerprint density at radius 1 is 1.41 bits per heavy atom. The van der Waals surface area contributed by atoms with E-state index in [0.29, 0.717) is 12.2 Å². The zero-order chi connectivity index (χ0) is 12.9. The molecule has 0 atom stereocenters. The van der Waals surface area contributed by atoms with Crippen molar-refractivity contribution in [3.8, 4) is 11.8 Å². The Bertz CT molecular complexity index is 430. The number of carbonyl (C=O) groups excluding carboxylic acids is 1. The Morgan fingerprint density at radius 3 is 2.47 bits per heavy atom. The predicted molar refractivity (Wildman–Crippen MR) is 64.8 cm³/mol. The van der Waals surface area contributed by atoms with Crippen molar-refractivity contribution in [2.45, 2.75) is 26.3 Å². The van der Waals surface area contributed by atoms with E-state index < -0.39 is 5.54 Å². The largest absolute Gasteiger partial charge is 0.494 e. The lowest BCUT2D eigenvalue weighted by atomic mass is 10.1. The van der Waals surface area contributed by atoms with Gasteiger partial charge < -0.3 is 10.1 Å². The SMILES string of the molecule is CCOc1ccc(C(=O)NC(C)(C)C#N)cc1. The third-order valence-corrected chi connectivity index (χ3v) is 2.13. The van der Waals surface area contributed by atoms with Crippen LogP contribution in [0.15, 0.2) is 24.3 Å². The molecule has 0 aliphatic heterocycles. The highest BCUT2D eigenvalue weighted by Crippen LogP contribution is 2.12. The van der Waals surface area contributed by atoms with Crippen LogP contribution in [0.4, 0.5) is 0 Å². The lowest BCUT2D eigenvalue weighted by molar-refractivity contribution is 0.0929. The van der Waals surface area contributed by atoms with Crippen molar-refractivity contribution < 1.29 is 9.53 Å². The number of ether oxygens (including phenoxy) is 1. The van der Waals surface area contributed by atoms with E-state index in [0.717, 1.165) is 5.75 Å². The zero-order valence-electron chi connectivity index (χ0n) is 10.3. The van der Waals surface area contributed by atoms with Gasteiger partial charge in [0.2, 0.25) is 0 Å². The summed E-state index contributed by atoms with van der Waals surface area (Å²) in [5, 5.41) is 11.5. The summed E-state index contributed by atoms with van der Waals surface area (Å²) in [7, 11) is 0. The van der Waals surface area contributed by atoms with Crippen LogP contribution >= 0.6 is 0 Å². The van der Waals surface area contributed by atoms with Gasteiger partial charge in [-0.3, -0.25) is 4.79 Å². The van der Waals surface area contributed by atoms with Crippen LogP contribution in [-0.2, 0) is 0 Å². The van der Waals surface area contributed by atoms with Gasteiger partial charge in [0.15, 0.2) is 0 Å². The molecule has 1 amide bonds. The molecule has 4 nitrogen and oxygen atoms in total. The van der Waals surface area contributed by atoms with E-state index in [2.05, 4.69) is 5.32 Å². The molecule has 90 valence electrons. The van der Waals surface area contributed by atoms with E-state index in [9.17, 15) is 4.79 Å². The molecule has 0 fully saturated rings. The Labute approximate surface area is 101 Å². The smallest absolute Gasteiger partial charge is 0.252 e. The topological polar surface area (TPSA) is 62.1 Å². The molecule has 0 aliphatic carbocycles. The maximum Gasteiger partial charge on any atom is 0.252 e. The summed E-state index contributed by atoms with van der Waals surface area (Å²) in [5.41, 5.74) is -0.354. The quantitative estimate of drug-likeness (QED) is 0.864. The Morgan fingerprint density at radius 2 is 2.00 bits per heavy atom. The first-order valence-corrected chi connectivity index (χ1v) is 5.45. The number of nitrogens with zero attached hydrogens (tertiary/aromatic N) is 1. The molecule has 0 bridgehead atoms. The molecule has 0 spiro atoms. The first-order chi connectivity index (χ1) is 7.98. The maximum absolute atomic E-state index is 11.8. The molecular formula is C13H16N2O2. The monoisotopic (exact) mass is 232 g/mol. The van der Waals surface area contributed by atoms with Crippen molar-refractivity contribution in [3.05, 3.63) is 29.8 Å². The minimum absolute atomic E-state index is 0.264. The molecule has 1 N–H and O–H groups in total. The number of nitrogens with one attached hydrogen (secondary N) is 1. The Hall–Kier alpha value is -2.02. The van der Waals surface area contributed by atoms with Crippen LogP contribution in [0.3, 0.4) is 0 Å².